The third kappa shape index (κ3) is 2.06. The van der Waals surface area contributed by atoms with Crippen LogP contribution in [-0.4, -0.2) is 11.3 Å². The van der Waals surface area contributed by atoms with Gasteiger partial charge in [0.2, 0.25) is 0 Å². The van der Waals surface area contributed by atoms with E-state index >= 15 is 0 Å². The molecule has 2 aromatic carbocycles. The average Bonchev–Trinajstić information content (AvgIpc) is 2.46. The molecular formula is C16H12N2O. The molecule has 0 aliphatic rings. The van der Waals surface area contributed by atoms with E-state index in [0.717, 1.165) is 16.6 Å². The zero-order valence-electron chi connectivity index (χ0n) is 10.2. The quantitative estimate of drug-likeness (QED) is 0.708. The fourth-order valence-corrected chi connectivity index (χ4v) is 2.09. The molecule has 0 spiro atoms. The molecule has 0 aliphatic heterocycles. The van der Waals surface area contributed by atoms with Crippen LogP contribution in [0.3, 0.4) is 0 Å². The predicted molar refractivity (Wildman–Crippen MR) is 77.0 cm³/mol. The van der Waals surface area contributed by atoms with Gasteiger partial charge in [0.15, 0.2) is 6.29 Å². The molecule has 3 rings (SSSR count). The van der Waals surface area contributed by atoms with Crippen LogP contribution in [0.1, 0.15) is 10.4 Å². The van der Waals surface area contributed by atoms with Crippen LogP contribution in [-0.2, 0) is 0 Å². The first-order valence-corrected chi connectivity index (χ1v) is 5.99. The molecule has 19 heavy (non-hydrogen) atoms. The van der Waals surface area contributed by atoms with E-state index in [1.165, 1.54) is 5.39 Å². The van der Waals surface area contributed by atoms with Crippen LogP contribution in [0.4, 0.5) is 5.82 Å². The molecule has 3 aromatic rings. The van der Waals surface area contributed by atoms with E-state index in [0.29, 0.717) is 11.8 Å². The van der Waals surface area contributed by atoms with Gasteiger partial charge in [0, 0.05) is 5.56 Å². The van der Waals surface area contributed by atoms with Crippen molar-refractivity contribution in [1.82, 2.24) is 4.98 Å². The molecule has 2 N–H and O–H groups in total. The molecule has 0 bridgehead atoms. The molecule has 0 aliphatic carbocycles. The van der Waals surface area contributed by atoms with Gasteiger partial charge in [0.25, 0.3) is 0 Å². The van der Waals surface area contributed by atoms with Crippen LogP contribution >= 0.6 is 0 Å². The smallest absolute Gasteiger partial charge is 0.153 e. The highest BCUT2D eigenvalue weighted by Crippen LogP contribution is 2.24. The van der Waals surface area contributed by atoms with Crippen LogP contribution < -0.4 is 5.73 Å². The molecule has 0 atom stereocenters. The van der Waals surface area contributed by atoms with Crippen molar-refractivity contribution in [2.24, 2.45) is 0 Å². The summed E-state index contributed by atoms with van der Waals surface area (Å²) in [7, 11) is 0. The molecule has 0 fully saturated rings. The van der Waals surface area contributed by atoms with Gasteiger partial charge in [-0.05, 0) is 29.0 Å². The lowest BCUT2D eigenvalue weighted by atomic mass is 10.0. The second kappa shape index (κ2) is 4.53. The maximum Gasteiger partial charge on any atom is 0.153 e. The number of nitrogen functional groups attached to an aromatic ring is 1. The monoisotopic (exact) mass is 248 g/mol. The molecule has 0 radical (unpaired) electrons. The molecule has 0 amide bonds. The van der Waals surface area contributed by atoms with Crippen LogP contribution in [0.15, 0.2) is 54.6 Å². The Hall–Kier alpha value is -2.68. The van der Waals surface area contributed by atoms with Crippen molar-refractivity contribution >= 4 is 22.9 Å². The van der Waals surface area contributed by atoms with Crippen LogP contribution in [0.25, 0.3) is 22.0 Å². The van der Waals surface area contributed by atoms with E-state index in [4.69, 9.17) is 5.73 Å². The number of rotatable bonds is 2. The Morgan fingerprint density at radius 2 is 1.74 bits per heavy atom. The maximum atomic E-state index is 10.7. The number of nitrogens with zero attached hydrogens (tertiary/aromatic N) is 1. The Morgan fingerprint density at radius 3 is 2.47 bits per heavy atom. The van der Waals surface area contributed by atoms with Gasteiger partial charge in [-0.3, -0.25) is 4.79 Å². The minimum absolute atomic E-state index is 0.264. The number of hydrogen-bond donors (Lipinski definition) is 1. The first-order chi connectivity index (χ1) is 9.28. The number of hydrogen-bond acceptors (Lipinski definition) is 3. The largest absolute Gasteiger partial charge is 0.383 e. The lowest BCUT2D eigenvalue weighted by Crippen LogP contribution is -1.97. The van der Waals surface area contributed by atoms with Gasteiger partial charge in [-0.25, -0.2) is 4.98 Å². The van der Waals surface area contributed by atoms with E-state index < -0.39 is 0 Å². The Labute approximate surface area is 110 Å². The topological polar surface area (TPSA) is 56.0 Å². The third-order valence-corrected chi connectivity index (χ3v) is 3.13. The van der Waals surface area contributed by atoms with E-state index in [1.807, 2.05) is 24.3 Å². The summed E-state index contributed by atoms with van der Waals surface area (Å²) >= 11 is 0. The van der Waals surface area contributed by atoms with Gasteiger partial charge in [0.1, 0.15) is 5.82 Å². The summed E-state index contributed by atoms with van der Waals surface area (Å²) < 4.78 is 0. The number of benzene rings is 2. The molecular weight excluding hydrogens is 236 g/mol. The fraction of sp³-hybridized carbons (Fsp3) is 0. The second-order valence-corrected chi connectivity index (χ2v) is 4.35. The Morgan fingerprint density at radius 1 is 0.947 bits per heavy atom. The molecule has 3 nitrogen and oxygen atoms in total. The number of fused-ring (bicyclic) bond motifs is 1. The number of pyridine rings is 1. The van der Waals surface area contributed by atoms with Crippen molar-refractivity contribution in [3.8, 4) is 11.3 Å². The van der Waals surface area contributed by atoms with Crippen molar-refractivity contribution in [1.29, 1.82) is 0 Å². The summed E-state index contributed by atoms with van der Waals surface area (Å²) in [6.07, 6.45) is 0.715. The Bertz CT molecular complexity index is 766. The summed E-state index contributed by atoms with van der Waals surface area (Å²) in [6, 6.07) is 17.8. The van der Waals surface area contributed by atoms with Crippen molar-refractivity contribution in [2.75, 3.05) is 5.73 Å². The molecule has 1 aromatic heterocycles. The second-order valence-electron chi connectivity index (χ2n) is 4.35. The fourth-order valence-electron chi connectivity index (χ4n) is 2.09. The molecule has 92 valence electrons. The zero-order chi connectivity index (χ0) is 13.2. The zero-order valence-corrected chi connectivity index (χ0v) is 10.2. The average molecular weight is 248 g/mol. The highest BCUT2D eigenvalue weighted by Gasteiger charge is 2.04. The van der Waals surface area contributed by atoms with Gasteiger partial charge >= 0.3 is 0 Å². The normalized spacial score (nSPS) is 10.5. The molecule has 0 saturated heterocycles. The predicted octanol–water partition coefficient (Wildman–Crippen LogP) is 3.30. The van der Waals surface area contributed by atoms with Gasteiger partial charge < -0.3 is 5.73 Å². The Kier molecular flexibility index (Phi) is 2.72. The minimum atomic E-state index is 0.264. The molecule has 0 saturated carbocycles. The van der Waals surface area contributed by atoms with Gasteiger partial charge in [-0.15, -0.1) is 0 Å². The first-order valence-electron chi connectivity index (χ1n) is 5.99. The summed E-state index contributed by atoms with van der Waals surface area (Å²) in [5.74, 6) is 0.264. The highest BCUT2D eigenvalue weighted by atomic mass is 16.1. The molecule has 0 unspecified atom stereocenters. The van der Waals surface area contributed by atoms with Gasteiger partial charge in [-0.2, -0.15) is 0 Å². The highest BCUT2D eigenvalue weighted by molar-refractivity contribution is 5.88. The summed E-state index contributed by atoms with van der Waals surface area (Å²) in [6.45, 7) is 0. The number of carbonyl (C=O) groups excluding carboxylic acids is 1. The number of aromatic nitrogens is 1. The maximum absolute atomic E-state index is 10.7. The molecule has 3 heteroatoms. The first kappa shape index (κ1) is 11.4. The van der Waals surface area contributed by atoms with E-state index in [2.05, 4.69) is 29.2 Å². The lowest BCUT2D eigenvalue weighted by Gasteiger charge is -2.05. The SMILES string of the molecule is Nc1nc(-c2ccc3ccccc3c2)ccc1C=O. The van der Waals surface area contributed by atoms with E-state index in [-0.39, 0.29) is 5.82 Å². The van der Waals surface area contributed by atoms with Crippen molar-refractivity contribution < 1.29 is 4.79 Å². The number of aldehydes is 1. The van der Waals surface area contributed by atoms with Crippen molar-refractivity contribution in [3.05, 3.63) is 60.2 Å². The van der Waals surface area contributed by atoms with E-state index in [1.54, 1.807) is 6.07 Å². The van der Waals surface area contributed by atoms with Gasteiger partial charge in [-0.1, -0.05) is 36.4 Å². The van der Waals surface area contributed by atoms with Gasteiger partial charge in [0.05, 0.1) is 11.3 Å². The molecule has 1 heterocycles. The van der Waals surface area contributed by atoms with E-state index in [9.17, 15) is 4.79 Å². The Balaban J connectivity index is 2.13. The van der Waals surface area contributed by atoms with Crippen LogP contribution in [0, 0.1) is 0 Å². The lowest BCUT2D eigenvalue weighted by molar-refractivity contribution is 0.112. The van der Waals surface area contributed by atoms with Crippen molar-refractivity contribution in [2.45, 2.75) is 0 Å². The summed E-state index contributed by atoms with van der Waals surface area (Å²) in [5, 5.41) is 2.34. The minimum Gasteiger partial charge on any atom is -0.383 e. The van der Waals surface area contributed by atoms with Crippen LogP contribution in [0.2, 0.25) is 0 Å². The summed E-state index contributed by atoms with van der Waals surface area (Å²) in [5.41, 5.74) is 7.92. The standard InChI is InChI=1S/C16H12N2O/c17-16-14(10-19)7-8-15(18-16)13-6-5-11-3-1-2-4-12(11)9-13/h1-10H,(H2,17,18). The third-order valence-electron chi connectivity index (χ3n) is 3.13. The number of carbonyl (C=O) groups is 1. The number of anilines is 1. The number of nitrogens with two attached hydrogens (primary N) is 1. The van der Waals surface area contributed by atoms with Crippen LogP contribution in [0.5, 0.6) is 0 Å². The summed E-state index contributed by atoms with van der Waals surface area (Å²) in [4.78, 5) is 15.0. The van der Waals surface area contributed by atoms with Crippen molar-refractivity contribution in [3.63, 3.8) is 0 Å².